The van der Waals surface area contributed by atoms with E-state index in [4.69, 9.17) is 5.73 Å². The van der Waals surface area contributed by atoms with Crippen LogP contribution in [0.3, 0.4) is 0 Å². The summed E-state index contributed by atoms with van der Waals surface area (Å²) in [5.41, 5.74) is 9.76. The largest absolute Gasteiger partial charge is 0.328 e. The number of aromatic amines is 1. The molecule has 1 aliphatic rings. The van der Waals surface area contributed by atoms with Crippen molar-refractivity contribution in [1.29, 1.82) is 0 Å². The lowest BCUT2D eigenvalue weighted by Crippen LogP contribution is -2.19. The van der Waals surface area contributed by atoms with Crippen LogP contribution in [0.4, 0.5) is 0 Å². The van der Waals surface area contributed by atoms with Crippen LogP contribution >= 0.6 is 0 Å². The van der Waals surface area contributed by atoms with Gasteiger partial charge < -0.3 is 5.73 Å². The smallest absolute Gasteiger partial charge is 0.0672 e. The van der Waals surface area contributed by atoms with Crippen LogP contribution in [0.15, 0.2) is 0 Å². The van der Waals surface area contributed by atoms with Gasteiger partial charge in [-0.2, -0.15) is 5.10 Å². The number of aryl methyl sites for hydroxylation is 1. The molecule has 72 valence electrons. The third-order valence-corrected chi connectivity index (χ3v) is 2.66. The lowest BCUT2D eigenvalue weighted by atomic mass is 9.94. The van der Waals surface area contributed by atoms with Crippen molar-refractivity contribution in [2.45, 2.75) is 45.1 Å². The van der Waals surface area contributed by atoms with E-state index in [9.17, 15) is 0 Å². The maximum absolute atomic E-state index is 5.76. The van der Waals surface area contributed by atoms with Crippen molar-refractivity contribution in [2.75, 3.05) is 0 Å². The maximum Gasteiger partial charge on any atom is 0.0672 e. The van der Waals surface area contributed by atoms with E-state index >= 15 is 0 Å². The van der Waals surface area contributed by atoms with E-state index in [1.54, 1.807) is 0 Å². The molecule has 0 fully saturated rings. The molecular weight excluding hydrogens is 162 g/mol. The van der Waals surface area contributed by atoms with E-state index in [-0.39, 0.29) is 6.04 Å². The highest BCUT2D eigenvalue weighted by Gasteiger charge is 2.16. The summed E-state index contributed by atoms with van der Waals surface area (Å²) in [6, 6.07) is 0.217. The molecule has 0 spiro atoms. The van der Waals surface area contributed by atoms with Gasteiger partial charge in [0.2, 0.25) is 0 Å². The first kappa shape index (κ1) is 8.75. The summed E-state index contributed by atoms with van der Waals surface area (Å²) >= 11 is 0. The van der Waals surface area contributed by atoms with Crippen LogP contribution in [0, 0.1) is 0 Å². The number of nitrogens with one attached hydrogen (secondary N) is 1. The molecule has 1 aromatic rings. The highest BCUT2D eigenvalue weighted by molar-refractivity contribution is 5.28. The summed E-state index contributed by atoms with van der Waals surface area (Å²) in [4.78, 5) is 0. The molecule has 0 bridgehead atoms. The van der Waals surface area contributed by atoms with Gasteiger partial charge in [-0.25, -0.2) is 0 Å². The molecule has 3 nitrogen and oxygen atoms in total. The van der Waals surface area contributed by atoms with Gasteiger partial charge in [-0.3, -0.25) is 5.10 Å². The van der Waals surface area contributed by atoms with Crippen molar-refractivity contribution in [1.82, 2.24) is 10.2 Å². The second-order valence-corrected chi connectivity index (χ2v) is 4.02. The minimum Gasteiger partial charge on any atom is -0.328 e. The van der Waals surface area contributed by atoms with Crippen molar-refractivity contribution in [3.8, 4) is 0 Å². The van der Waals surface area contributed by atoms with E-state index in [0.717, 1.165) is 6.42 Å². The maximum atomic E-state index is 5.76. The molecule has 1 atom stereocenters. The van der Waals surface area contributed by atoms with E-state index in [1.165, 1.54) is 42.6 Å². The first-order valence-electron chi connectivity index (χ1n) is 5.08. The van der Waals surface area contributed by atoms with Gasteiger partial charge in [-0.15, -0.1) is 0 Å². The molecule has 3 heteroatoms. The Hall–Kier alpha value is -0.830. The summed E-state index contributed by atoms with van der Waals surface area (Å²) < 4.78 is 0. The predicted octanol–water partition coefficient (Wildman–Crippen LogP) is 1.18. The molecule has 13 heavy (non-hydrogen) atoms. The number of nitrogens with zero attached hydrogens (tertiary/aromatic N) is 1. The lowest BCUT2D eigenvalue weighted by molar-refractivity contribution is 0.665. The number of aromatic nitrogens is 2. The van der Waals surface area contributed by atoms with E-state index in [2.05, 4.69) is 10.2 Å². The number of H-pyrrole nitrogens is 1. The third-order valence-electron chi connectivity index (χ3n) is 2.66. The average molecular weight is 179 g/mol. The Labute approximate surface area is 78.7 Å². The topological polar surface area (TPSA) is 54.7 Å². The molecule has 0 saturated heterocycles. The van der Waals surface area contributed by atoms with Crippen molar-refractivity contribution < 1.29 is 0 Å². The molecule has 1 aromatic heterocycles. The monoisotopic (exact) mass is 179 g/mol. The minimum absolute atomic E-state index is 0.217. The third kappa shape index (κ3) is 1.75. The van der Waals surface area contributed by atoms with Gasteiger partial charge in [-0.1, -0.05) is 0 Å². The summed E-state index contributed by atoms with van der Waals surface area (Å²) in [5, 5.41) is 7.46. The molecule has 1 heterocycles. The van der Waals surface area contributed by atoms with Gasteiger partial charge in [0.25, 0.3) is 0 Å². The van der Waals surface area contributed by atoms with Crippen molar-refractivity contribution in [2.24, 2.45) is 5.73 Å². The fourth-order valence-corrected chi connectivity index (χ4v) is 2.02. The van der Waals surface area contributed by atoms with Crippen molar-refractivity contribution in [3.63, 3.8) is 0 Å². The zero-order valence-electron chi connectivity index (χ0n) is 8.14. The zero-order valence-corrected chi connectivity index (χ0v) is 8.14. The fourth-order valence-electron chi connectivity index (χ4n) is 2.02. The SMILES string of the molecule is CC(N)Cc1n[nH]c2c1CCCC2. The van der Waals surface area contributed by atoms with Crippen LogP contribution in [0.25, 0.3) is 0 Å². The van der Waals surface area contributed by atoms with E-state index < -0.39 is 0 Å². The molecular formula is C10H17N3. The van der Waals surface area contributed by atoms with E-state index in [0.29, 0.717) is 0 Å². The first-order valence-corrected chi connectivity index (χ1v) is 5.08. The molecule has 2 rings (SSSR count). The summed E-state index contributed by atoms with van der Waals surface area (Å²) in [6.07, 6.45) is 5.87. The molecule has 0 amide bonds. The van der Waals surface area contributed by atoms with Crippen LogP contribution in [0.1, 0.15) is 36.7 Å². The Bertz CT molecular complexity index is 288. The molecule has 1 unspecified atom stereocenters. The second-order valence-electron chi connectivity index (χ2n) is 4.02. The molecule has 0 aromatic carbocycles. The van der Waals surface area contributed by atoms with Gasteiger partial charge in [0.05, 0.1) is 5.69 Å². The standard InChI is InChI=1S/C10H17N3/c1-7(11)6-10-8-4-2-3-5-9(8)12-13-10/h7H,2-6,11H2,1H3,(H,12,13). The van der Waals surface area contributed by atoms with Crippen molar-refractivity contribution >= 4 is 0 Å². The Balaban J connectivity index is 2.21. The number of hydrogen-bond acceptors (Lipinski definition) is 2. The van der Waals surface area contributed by atoms with E-state index in [1.807, 2.05) is 6.92 Å². The predicted molar refractivity (Wildman–Crippen MR) is 52.6 cm³/mol. The quantitative estimate of drug-likeness (QED) is 0.716. The number of fused-ring (bicyclic) bond motifs is 1. The van der Waals surface area contributed by atoms with Gasteiger partial charge in [0.1, 0.15) is 0 Å². The first-order chi connectivity index (χ1) is 6.27. The number of rotatable bonds is 2. The normalized spacial score (nSPS) is 18.3. The molecule has 0 radical (unpaired) electrons. The molecule has 1 aliphatic carbocycles. The Morgan fingerprint density at radius 3 is 3.00 bits per heavy atom. The zero-order chi connectivity index (χ0) is 9.26. The summed E-state index contributed by atoms with van der Waals surface area (Å²) in [6.45, 7) is 2.03. The van der Waals surface area contributed by atoms with Crippen LogP contribution in [-0.4, -0.2) is 16.2 Å². The Morgan fingerprint density at radius 2 is 2.23 bits per heavy atom. The van der Waals surface area contributed by atoms with Gasteiger partial charge in [0, 0.05) is 18.2 Å². The van der Waals surface area contributed by atoms with Crippen LogP contribution in [0.5, 0.6) is 0 Å². The molecule has 0 saturated carbocycles. The summed E-state index contributed by atoms with van der Waals surface area (Å²) in [7, 11) is 0. The number of hydrogen-bond donors (Lipinski definition) is 2. The highest BCUT2D eigenvalue weighted by Crippen LogP contribution is 2.22. The second kappa shape index (κ2) is 3.50. The number of nitrogens with two attached hydrogens (primary N) is 1. The Kier molecular flexibility index (Phi) is 2.36. The van der Waals surface area contributed by atoms with Gasteiger partial charge in [0.15, 0.2) is 0 Å². The van der Waals surface area contributed by atoms with Gasteiger partial charge in [-0.05, 0) is 38.2 Å². The molecule has 0 aliphatic heterocycles. The van der Waals surface area contributed by atoms with Crippen LogP contribution in [-0.2, 0) is 19.3 Å². The minimum atomic E-state index is 0.217. The van der Waals surface area contributed by atoms with Crippen LogP contribution in [0.2, 0.25) is 0 Å². The fraction of sp³-hybridized carbons (Fsp3) is 0.700. The van der Waals surface area contributed by atoms with Gasteiger partial charge >= 0.3 is 0 Å². The highest BCUT2D eigenvalue weighted by atomic mass is 15.1. The van der Waals surface area contributed by atoms with Crippen molar-refractivity contribution in [3.05, 3.63) is 17.0 Å². The average Bonchev–Trinajstić information content (AvgIpc) is 2.48. The Morgan fingerprint density at radius 1 is 1.46 bits per heavy atom. The lowest BCUT2D eigenvalue weighted by Gasteiger charge is -2.11. The van der Waals surface area contributed by atoms with Crippen LogP contribution < -0.4 is 5.73 Å². The summed E-state index contributed by atoms with van der Waals surface area (Å²) in [5.74, 6) is 0. The molecule has 3 N–H and O–H groups in total.